The van der Waals surface area contributed by atoms with Crippen LogP contribution in [0.25, 0.3) is 22.0 Å². The van der Waals surface area contributed by atoms with E-state index in [4.69, 9.17) is 11.6 Å². The molecule has 0 aliphatic carbocycles. The molecule has 6 rings (SSSR count). The Morgan fingerprint density at radius 3 is 2.47 bits per heavy atom. The first kappa shape index (κ1) is 35.5. The van der Waals surface area contributed by atoms with Crippen molar-refractivity contribution in [2.45, 2.75) is 43.3 Å². The van der Waals surface area contributed by atoms with Gasteiger partial charge in [-0.2, -0.15) is 18.5 Å². The molecule has 254 valence electrons. The summed E-state index contributed by atoms with van der Waals surface area (Å²) in [5.41, 5.74) is 0.604. The molecular weight excluding hydrogens is 676 g/mol. The number of piperazine rings is 2. The highest BCUT2D eigenvalue weighted by Crippen LogP contribution is 2.48. The fourth-order valence-corrected chi connectivity index (χ4v) is 8.53. The summed E-state index contributed by atoms with van der Waals surface area (Å²) in [6.07, 6.45) is -1.10. The molecule has 15 heteroatoms. The molecule has 3 atom stereocenters. The molecule has 0 bridgehead atoms. The van der Waals surface area contributed by atoms with Gasteiger partial charge >= 0.3 is 5.69 Å². The predicted octanol–water partition coefficient (Wildman–Crippen LogP) is 5.25. The van der Waals surface area contributed by atoms with Crippen LogP contribution < -0.4 is 10.6 Å². The van der Waals surface area contributed by atoms with Crippen molar-refractivity contribution in [1.82, 2.24) is 24.3 Å². The van der Waals surface area contributed by atoms with Crippen molar-refractivity contribution in [3.05, 3.63) is 64.1 Å². The predicted molar refractivity (Wildman–Crippen MR) is 184 cm³/mol. The average Bonchev–Trinajstić information content (AvgIpc) is 3.01. The van der Waals surface area contributed by atoms with Crippen molar-refractivity contribution in [1.29, 1.82) is 0 Å². The lowest BCUT2D eigenvalue weighted by Gasteiger charge is -2.45. The van der Waals surface area contributed by atoms with E-state index in [1.54, 1.807) is 20.4 Å². The fourth-order valence-electron chi connectivity index (χ4n) is 6.85. The third kappa shape index (κ3) is 6.89. The monoisotopic (exact) mass is 712 g/mol. The van der Waals surface area contributed by atoms with Crippen LogP contribution in [0.4, 0.5) is 23.4 Å². The van der Waals surface area contributed by atoms with Gasteiger partial charge in [0.05, 0.1) is 23.1 Å². The first-order valence-electron chi connectivity index (χ1n) is 15.3. The average molecular weight is 713 g/mol. The van der Waals surface area contributed by atoms with Crippen LogP contribution in [-0.4, -0.2) is 107 Å². The molecule has 47 heavy (non-hydrogen) atoms. The molecule has 1 aromatic heterocycles. The summed E-state index contributed by atoms with van der Waals surface area (Å²) in [5, 5.41) is 0.857. The number of hydrogen-bond donors (Lipinski definition) is 0. The first-order valence-corrected chi connectivity index (χ1v) is 16.6. The van der Waals surface area contributed by atoms with Crippen LogP contribution in [0.3, 0.4) is 0 Å². The topological polar surface area (TPSA) is 64.9 Å². The zero-order chi connectivity index (χ0) is 32.9. The van der Waals surface area contributed by atoms with Gasteiger partial charge in [-0.25, -0.2) is 22.4 Å². The Kier molecular flexibility index (Phi) is 10.9. The van der Waals surface area contributed by atoms with Gasteiger partial charge in [-0.15, -0.1) is 11.8 Å². The number of amides is 1. The number of alkyl halides is 2. The van der Waals surface area contributed by atoms with Gasteiger partial charge in [0.1, 0.15) is 17.5 Å². The summed E-state index contributed by atoms with van der Waals surface area (Å²) in [5.74, 6) is -0.763. The molecule has 2 aromatic carbocycles. The highest BCUT2D eigenvalue weighted by Gasteiger charge is 2.36. The molecule has 0 N–H and O–H groups in total. The minimum Gasteiger partial charge on any atom is -0.349 e. The van der Waals surface area contributed by atoms with Gasteiger partial charge in [0.2, 0.25) is 5.91 Å². The summed E-state index contributed by atoms with van der Waals surface area (Å²) in [6.45, 7) is 10.7. The van der Waals surface area contributed by atoms with Gasteiger partial charge in [0.15, 0.2) is 0 Å². The molecule has 0 radical (unpaired) electrons. The second-order valence-corrected chi connectivity index (χ2v) is 13.6. The van der Waals surface area contributed by atoms with Crippen molar-refractivity contribution >= 4 is 59.5 Å². The third-order valence-electron chi connectivity index (χ3n) is 9.13. The van der Waals surface area contributed by atoms with E-state index in [-0.39, 0.29) is 54.7 Å². The molecule has 2 saturated heterocycles. The SMILES string of the molecule is C=CC(=O)N1C[C@H](C)N(c2nc(=O)n3c4c(c(-c5ccc(F)cc5F)c(Cl)cc24)SC[C@@H]3CN2CCN(CC(F)F)CC2)C[C@H]1C.S. The number of carbonyl (C=O) groups excluding carboxylic acids is 1. The molecule has 0 unspecified atom stereocenters. The number of anilines is 1. The second kappa shape index (κ2) is 14.4. The summed E-state index contributed by atoms with van der Waals surface area (Å²) >= 11 is 8.37. The lowest BCUT2D eigenvalue weighted by atomic mass is 10.0. The zero-order valence-corrected chi connectivity index (χ0v) is 28.6. The quantitative estimate of drug-likeness (QED) is 0.245. The van der Waals surface area contributed by atoms with Gasteiger partial charge in [0, 0.05) is 91.1 Å². The number of rotatable bonds is 7. The van der Waals surface area contributed by atoms with Crippen molar-refractivity contribution in [3.63, 3.8) is 0 Å². The summed E-state index contributed by atoms with van der Waals surface area (Å²) < 4.78 is 56.7. The molecule has 0 spiro atoms. The number of halogens is 5. The Labute approximate surface area is 286 Å². The fraction of sp³-hybridized carbons (Fsp3) is 0.469. The van der Waals surface area contributed by atoms with Gasteiger partial charge in [0.25, 0.3) is 6.43 Å². The van der Waals surface area contributed by atoms with E-state index in [2.05, 4.69) is 16.5 Å². The van der Waals surface area contributed by atoms with Crippen LogP contribution in [0.5, 0.6) is 0 Å². The van der Waals surface area contributed by atoms with Gasteiger partial charge in [-0.05, 0) is 38.1 Å². The molecule has 8 nitrogen and oxygen atoms in total. The Morgan fingerprint density at radius 2 is 1.81 bits per heavy atom. The molecule has 0 saturated carbocycles. The number of nitrogens with zero attached hydrogens (tertiary/aromatic N) is 6. The molecule has 2 fully saturated rings. The van der Waals surface area contributed by atoms with E-state index < -0.39 is 23.7 Å². The highest BCUT2D eigenvalue weighted by atomic mass is 35.5. The molecular formula is C32H37ClF4N6O2S2. The minimum absolute atomic E-state index is 0. The number of aromatic nitrogens is 2. The van der Waals surface area contributed by atoms with E-state index in [9.17, 15) is 22.8 Å². The maximum absolute atomic E-state index is 15.2. The van der Waals surface area contributed by atoms with E-state index in [0.717, 1.165) is 6.07 Å². The van der Waals surface area contributed by atoms with Crippen LogP contribution in [-0.2, 0) is 4.79 Å². The first-order chi connectivity index (χ1) is 22.0. The van der Waals surface area contributed by atoms with Crippen molar-refractivity contribution in [3.8, 4) is 11.1 Å². The van der Waals surface area contributed by atoms with Crippen molar-refractivity contribution < 1.29 is 22.4 Å². The van der Waals surface area contributed by atoms with Gasteiger partial charge in [-0.1, -0.05) is 18.2 Å². The number of benzene rings is 2. The van der Waals surface area contributed by atoms with Gasteiger partial charge < -0.3 is 9.80 Å². The van der Waals surface area contributed by atoms with Crippen LogP contribution in [0.15, 0.2) is 46.6 Å². The van der Waals surface area contributed by atoms with Crippen LogP contribution >= 0.6 is 36.9 Å². The van der Waals surface area contributed by atoms with Crippen molar-refractivity contribution in [2.75, 3.05) is 63.0 Å². The van der Waals surface area contributed by atoms with E-state index in [0.29, 0.717) is 78.7 Å². The normalized spacial score (nSPS) is 22.1. The van der Waals surface area contributed by atoms with Crippen LogP contribution in [0.1, 0.15) is 19.9 Å². The van der Waals surface area contributed by atoms with Gasteiger partial charge in [-0.3, -0.25) is 19.2 Å². The lowest BCUT2D eigenvalue weighted by molar-refractivity contribution is -0.128. The van der Waals surface area contributed by atoms with Crippen molar-refractivity contribution in [2.24, 2.45) is 0 Å². The maximum Gasteiger partial charge on any atom is 0.350 e. The summed E-state index contributed by atoms with van der Waals surface area (Å²) in [7, 11) is 0. The Bertz CT molecular complexity index is 1740. The maximum atomic E-state index is 15.2. The Balaban J connectivity index is 0.00000433. The Hall–Kier alpha value is -2.78. The molecule has 3 aliphatic heterocycles. The largest absolute Gasteiger partial charge is 0.350 e. The number of carbonyl (C=O) groups is 1. The van der Waals surface area contributed by atoms with E-state index in [1.807, 2.05) is 18.7 Å². The number of thioether (sulfide) groups is 1. The highest BCUT2D eigenvalue weighted by molar-refractivity contribution is 7.99. The molecule has 1 amide bonds. The third-order valence-corrected chi connectivity index (χ3v) is 10.7. The van der Waals surface area contributed by atoms with E-state index in [1.165, 1.54) is 30.0 Å². The zero-order valence-electron chi connectivity index (χ0n) is 26.1. The smallest absolute Gasteiger partial charge is 0.349 e. The lowest BCUT2D eigenvalue weighted by Crippen LogP contribution is -2.58. The second-order valence-electron chi connectivity index (χ2n) is 12.2. The van der Waals surface area contributed by atoms with E-state index >= 15 is 4.39 Å². The molecule has 3 aromatic rings. The number of hydrogen-bond acceptors (Lipinski definition) is 7. The summed E-state index contributed by atoms with van der Waals surface area (Å²) in [4.78, 5) is 39.4. The van der Waals surface area contributed by atoms with Crippen LogP contribution in [0, 0.1) is 11.6 Å². The van der Waals surface area contributed by atoms with Crippen LogP contribution in [0.2, 0.25) is 5.02 Å². The summed E-state index contributed by atoms with van der Waals surface area (Å²) in [6, 6.07) is 4.34. The minimum atomic E-state index is -2.39. The molecule has 4 heterocycles. The standard InChI is InChI=1S/C32H35ClF4N6O2S.H2S/c1-4-27(44)41-13-19(3)42(14-18(41)2)31-23-12-24(33)28(22-6-5-20(34)11-25(22)35)30-29(23)43(32(45)38-31)21(17-46-30)15-39-7-9-40(10-8-39)16-26(36)37;/h4-6,11-12,18-19,21,26H,1,7-10,13-17H2,2-3H3;1H2/t18-,19+,21+;/m1./s1. The molecule has 3 aliphatic rings. The Morgan fingerprint density at radius 1 is 1.11 bits per heavy atom.